The van der Waals surface area contributed by atoms with Gasteiger partial charge >= 0.3 is 0 Å². The minimum atomic E-state index is -0.794. The first kappa shape index (κ1) is 17.4. The van der Waals surface area contributed by atoms with Crippen molar-refractivity contribution in [1.82, 2.24) is 28.7 Å². The van der Waals surface area contributed by atoms with Gasteiger partial charge in [-0.15, -0.1) is 0 Å². The minimum Gasteiger partial charge on any atom is -0.309 e. The van der Waals surface area contributed by atoms with Gasteiger partial charge in [0.05, 0.1) is 87.6 Å². The van der Waals surface area contributed by atoms with Crippen LogP contribution in [0.3, 0.4) is 0 Å². The molecule has 0 amide bonds. The van der Waals surface area contributed by atoms with Crippen molar-refractivity contribution in [2.24, 2.45) is 0 Å². The van der Waals surface area contributed by atoms with Crippen molar-refractivity contribution in [2.45, 2.75) is 0 Å². The number of benzene rings is 8. The van der Waals surface area contributed by atoms with Crippen LogP contribution in [0, 0.1) is 11.3 Å². The van der Waals surface area contributed by atoms with Crippen molar-refractivity contribution in [1.29, 1.82) is 5.26 Å². The average molecular weight is 777 g/mol. The Bertz CT molecular complexity index is 4680. The van der Waals surface area contributed by atoms with Crippen LogP contribution in [0.15, 0.2) is 188 Å². The summed E-state index contributed by atoms with van der Waals surface area (Å²) in [6.45, 7) is 0. The van der Waals surface area contributed by atoms with Crippen LogP contribution in [0.1, 0.15) is 37.1 Å². The maximum Gasteiger partial charge on any atom is 0.238 e. The molecule has 12 rings (SSSR count). The molecule has 0 fully saturated rings. The second kappa shape index (κ2) is 12.8. The van der Waals surface area contributed by atoms with Crippen molar-refractivity contribution in [2.75, 3.05) is 0 Å². The lowest BCUT2D eigenvalue weighted by molar-refractivity contribution is 0.950. The Balaban J connectivity index is 1.30. The van der Waals surface area contributed by atoms with Crippen LogP contribution < -0.4 is 0 Å². The molecule has 8 aromatic carbocycles. The van der Waals surface area contributed by atoms with Gasteiger partial charge in [-0.3, -0.25) is 4.57 Å². The standard InChI is InChI=1S/C52H31N7/c53-32-33-29-30-39-38-19-5-12-26-46(38)59(49(39)31-33)52-55-50(40-20-6-13-27-47(40)57-42-22-8-1-15-34(42)35-16-2-9-23-43(35)57)54-51(56-52)41-21-7-14-28-48(41)58-44-24-10-3-17-36(44)37-18-4-11-25-45(37)58/h1-31H/i1D,2D,3D,4D,5D,8D,9D,10D,11D,12D,15D,16D,17D,18D,19D,22D,23D,24D,25D,26D,29D,30D,31D. The van der Waals surface area contributed by atoms with E-state index in [1.807, 2.05) is 0 Å². The van der Waals surface area contributed by atoms with Gasteiger partial charge in [-0.2, -0.15) is 15.2 Å². The zero-order valence-electron chi connectivity index (χ0n) is 52.7. The van der Waals surface area contributed by atoms with Gasteiger partial charge in [0.25, 0.3) is 0 Å². The molecular formula is C52H31N7. The van der Waals surface area contributed by atoms with Gasteiger partial charge in [-0.1, -0.05) is 121 Å². The number of hydrogen-bond donors (Lipinski definition) is 0. The van der Waals surface area contributed by atoms with Gasteiger partial charge < -0.3 is 9.13 Å². The summed E-state index contributed by atoms with van der Waals surface area (Å²) in [4.78, 5) is 14.8. The van der Waals surface area contributed by atoms with Gasteiger partial charge in [0.15, 0.2) is 11.6 Å². The van der Waals surface area contributed by atoms with E-state index in [2.05, 4.69) is 0 Å². The zero-order chi connectivity index (χ0) is 59.0. The normalized spacial score (nSPS) is 17.2. The molecule has 0 saturated heterocycles. The molecule has 0 N–H and O–H groups in total. The van der Waals surface area contributed by atoms with E-state index >= 15 is 0 Å². The molecule has 7 nitrogen and oxygen atoms in total. The summed E-state index contributed by atoms with van der Waals surface area (Å²) < 4.78 is 210. The van der Waals surface area contributed by atoms with Crippen LogP contribution in [-0.4, -0.2) is 28.7 Å². The van der Waals surface area contributed by atoms with Crippen molar-refractivity contribution < 1.29 is 31.5 Å². The molecule has 0 radical (unpaired) electrons. The summed E-state index contributed by atoms with van der Waals surface area (Å²) in [5, 5.41) is 8.54. The fourth-order valence-corrected chi connectivity index (χ4v) is 7.51. The number of aromatic nitrogens is 6. The van der Waals surface area contributed by atoms with Crippen LogP contribution in [0.25, 0.3) is 106 Å². The van der Waals surface area contributed by atoms with Gasteiger partial charge in [0, 0.05) is 43.4 Å². The molecule has 4 aromatic heterocycles. The Hall–Kier alpha value is -8.34. The third kappa shape index (κ3) is 4.90. The van der Waals surface area contributed by atoms with Gasteiger partial charge in [-0.25, -0.2) is 4.98 Å². The summed E-state index contributed by atoms with van der Waals surface area (Å²) in [7, 11) is 0. The fraction of sp³-hybridized carbons (Fsp3) is 0. The topological polar surface area (TPSA) is 77.2 Å². The van der Waals surface area contributed by atoms with E-state index in [-0.39, 0.29) is 76.9 Å². The highest BCUT2D eigenvalue weighted by Gasteiger charge is 2.23. The molecule has 7 heteroatoms. The molecule has 0 bridgehead atoms. The number of fused-ring (bicyclic) bond motifs is 9. The highest BCUT2D eigenvalue weighted by Crippen LogP contribution is 2.39. The lowest BCUT2D eigenvalue weighted by atomic mass is 10.1. The molecule has 12 aromatic rings. The van der Waals surface area contributed by atoms with Crippen LogP contribution in [-0.2, 0) is 0 Å². The molecule has 59 heavy (non-hydrogen) atoms. The number of nitrogens with zero attached hydrogens (tertiary/aromatic N) is 7. The first-order chi connectivity index (χ1) is 38.8. The summed E-state index contributed by atoms with van der Waals surface area (Å²) in [5.41, 5.74) is -3.00. The Morgan fingerprint density at radius 2 is 0.780 bits per heavy atom. The zero-order valence-corrected chi connectivity index (χ0v) is 29.7. The number of nitriles is 1. The van der Waals surface area contributed by atoms with Crippen LogP contribution in [0.2, 0.25) is 0 Å². The van der Waals surface area contributed by atoms with Crippen LogP contribution in [0.5, 0.6) is 0 Å². The number of rotatable bonds is 5. The fourth-order valence-electron chi connectivity index (χ4n) is 7.51. The molecule has 0 aliphatic rings. The van der Waals surface area contributed by atoms with E-state index in [0.717, 1.165) is 4.57 Å². The second-order valence-electron chi connectivity index (χ2n) is 13.0. The summed E-state index contributed by atoms with van der Waals surface area (Å²) >= 11 is 0. The monoisotopic (exact) mass is 776 g/mol. The van der Waals surface area contributed by atoms with Crippen molar-refractivity contribution >= 4 is 65.4 Å². The third-order valence-corrected chi connectivity index (χ3v) is 9.93. The molecule has 274 valence electrons. The van der Waals surface area contributed by atoms with E-state index in [1.54, 1.807) is 6.07 Å². The SMILES string of the molecule is [2H]c1c([2H])c([2H])c2c(c1[2H])c1c([2H])c([2H])c(C#N)c([2H])c1n2-c1nc(-c2ccccc2-n2c3c([2H])c([2H])c([2H])c([2H])c3c3c([2H])c([2H])c([2H])c([2H])c32)nc(-c2ccccc2-n2c3c([2H])c([2H])c([2H])c([2H])c3c3c([2H])c([2H])c([2H])c([2H])c32)n1. The molecule has 0 spiro atoms. The molecule has 0 aliphatic carbocycles. The third-order valence-electron chi connectivity index (χ3n) is 9.93. The Kier molecular flexibility index (Phi) is 3.80. The quantitative estimate of drug-likeness (QED) is 0.174. The van der Waals surface area contributed by atoms with Gasteiger partial charge in [-0.05, 0) is 66.6 Å². The van der Waals surface area contributed by atoms with E-state index in [0.29, 0.717) is 0 Å². The molecule has 0 atom stereocenters. The molecule has 4 heterocycles. The van der Waals surface area contributed by atoms with Crippen molar-refractivity contribution in [3.63, 3.8) is 0 Å². The van der Waals surface area contributed by atoms with E-state index in [4.69, 9.17) is 36.9 Å². The Morgan fingerprint density at radius 1 is 0.407 bits per heavy atom. The predicted octanol–water partition coefficient (Wildman–Crippen LogP) is 12.4. The Labute approximate surface area is 370 Å². The highest BCUT2D eigenvalue weighted by atomic mass is 15.2. The maximum atomic E-state index is 10.4. The Morgan fingerprint density at radius 3 is 1.20 bits per heavy atom. The first-order valence-electron chi connectivity index (χ1n) is 29.2. The summed E-state index contributed by atoms with van der Waals surface area (Å²) in [6.07, 6.45) is 0. The van der Waals surface area contributed by atoms with E-state index < -0.39 is 173 Å². The summed E-state index contributed by atoms with van der Waals surface area (Å²) in [6, 6.07) is -2.49. The minimum absolute atomic E-state index is 0.0762. The van der Waals surface area contributed by atoms with E-state index in [1.165, 1.54) is 57.7 Å². The predicted molar refractivity (Wildman–Crippen MR) is 238 cm³/mol. The van der Waals surface area contributed by atoms with E-state index in [9.17, 15) is 14.9 Å². The number of para-hydroxylation sites is 7. The molecule has 0 aliphatic heterocycles. The largest absolute Gasteiger partial charge is 0.309 e. The van der Waals surface area contributed by atoms with Crippen LogP contribution in [0.4, 0.5) is 0 Å². The maximum absolute atomic E-state index is 10.4. The van der Waals surface area contributed by atoms with Gasteiger partial charge in [0.1, 0.15) is 0 Å². The summed E-state index contributed by atoms with van der Waals surface area (Å²) in [5.74, 6) is -1.40. The second-order valence-corrected chi connectivity index (χ2v) is 13.0. The lowest BCUT2D eigenvalue weighted by Gasteiger charge is -2.17. The highest BCUT2D eigenvalue weighted by molar-refractivity contribution is 6.11. The number of hydrogen-bond acceptors (Lipinski definition) is 4. The molecule has 0 saturated carbocycles. The van der Waals surface area contributed by atoms with Crippen LogP contribution >= 0.6 is 0 Å². The smallest absolute Gasteiger partial charge is 0.238 e. The van der Waals surface area contributed by atoms with Gasteiger partial charge in [0.2, 0.25) is 5.95 Å². The molecular weight excluding hydrogens is 723 g/mol. The van der Waals surface area contributed by atoms with Crippen molar-refractivity contribution in [3.8, 4) is 46.2 Å². The lowest BCUT2D eigenvalue weighted by Crippen LogP contribution is -2.09. The molecule has 0 unspecified atom stereocenters. The first-order valence-corrected chi connectivity index (χ1v) is 17.7. The average Bonchev–Trinajstić information content (AvgIpc) is 4.35. The van der Waals surface area contributed by atoms with Crippen molar-refractivity contribution in [3.05, 3.63) is 193 Å².